The Morgan fingerprint density at radius 3 is 2.00 bits per heavy atom. The van der Waals surface area contributed by atoms with Crippen molar-refractivity contribution in [2.45, 2.75) is 63.7 Å². The summed E-state index contributed by atoms with van der Waals surface area (Å²) in [6.45, 7) is 9.58. The van der Waals surface area contributed by atoms with E-state index in [1.807, 2.05) is 0 Å². The molecule has 2 aliphatic heterocycles. The molecule has 4 heteroatoms. The summed E-state index contributed by atoms with van der Waals surface area (Å²) in [7, 11) is 6.43. The van der Waals surface area contributed by atoms with Gasteiger partial charge in [-0.3, -0.25) is 0 Å². The standard InChI is InChI=1S/C25H38N2P2/c1-24(2,3)23-19(17-9-5-4-6-10-17)15-18(16-28)22(23)25(29,20-11-7-13-26-20)21-12-8-14-27-21/h4-6,9-10,15,20-21,23,26-27H,7-8,11-14,16,28-29H2,1-3H3. The Kier molecular flexibility index (Phi) is 6.40. The van der Waals surface area contributed by atoms with Gasteiger partial charge in [0.05, 0.1) is 0 Å². The molecule has 158 valence electrons. The fraction of sp³-hybridized carbons (Fsp3) is 0.600. The van der Waals surface area contributed by atoms with Crippen molar-refractivity contribution in [2.75, 3.05) is 19.3 Å². The van der Waals surface area contributed by atoms with E-state index in [2.05, 4.69) is 86.3 Å². The van der Waals surface area contributed by atoms with Crippen molar-refractivity contribution in [2.24, 2.45) is 11.3 Å². The summed E-state index contributed by atoms with van der Waals surface area (Å²) in [4.78, 5) is 0. The molecule has 5 atom stereocenters. The fourth-order valence-corrected chi connectivity index (χ4v) is 7.23. The number of nitrogens with one attached hydrogen (secondary N) is 2. The second kappa shape index (κ2) is 8.55. The molecule has 29 heavy (non-hydrogen) atoms. The van der Waals surface area contributed by atoms with Crippen LogP contribution in [0.3, 0.4) is 0 Å². The normalized spacial score (nSPS) is 30.0. The maximum absolute atomic E-state index is 3.90. The van der Waals surface area contributed by atoms with E-state index in [9.17, 15) is 0 Å². The highest BCUT2D eigenvalue weighted by molar-refractivity contribution is 7.20. The van der Waals surface area contributed by atoms with Crippen LogP contribution in [0, 0.1) is 11.3 Å². The second-order valence-electron chi connectivity index (χ2n) is 10.1. The molecule has 2 fully saturated rings. The lowest BCUT2D eigenvalue weighted by atomic mass is 9.66. The maximum Gasteiger partial charge on any atom is 0.0373 e. The molecule has 2 heterocycles. The van der Waals surface area contributed by atoms with Gasteiger partial charge in [-0.1, -0.05) is 57.2 Å². The van der Waals surface area contributed by atoms with Crippen molar-refractivity contribution < 1.29 is 0 Å². The third-order valence-corrected chi connectivity index (χ3v) is 8.76. The number of hydrogen-bond acceptors (Lipinski definition) is 2. The molecule has 0 radical (unpaired) electrons. The van der Waals surface area contributed by atoms with Crippen molar-refractivity contribution in [1.29, 1.82) is 0 Å². The van der Waals surface area contributed by atoms with E-state index in [0.29, 0.717) is 18.0 Å². The minimum atomic E-state index is 0.0594. The van der Waals surface area contributed by atoms with Crippen LogP contribution in [0.1, 0.15) is 52.0 Å². The SMILES string of the molecule is CC(C)(C)C1C(c2ccccc2)=CC(CP)=C1C(P)(C1CCCN1)C1CCCN1. The first kappa shape index (κ1) is 21.7. The number of hydrogen-bond donors (Lipinski definition) is 2. The molecule has 2 saturated heterocycles. The van der Waals surface area contributed by atoms with Crippen molar-refractivity contribution >= 4 is 24.1 Å². The van der Waals surface area contributed by atoms with Gasteiger partial charge in [-0.15, -0.1) is 18.5 Å². The Morgan fingerprint density at radius 2 is 1.55 bits per heavy atom. The molecule has 1 aromatic carbocycles. The van der Waals surface area contributed by atoms with Crippen LogP contribution in [0.15, 0.2) is 47.6 Å². The predicted molar refractivity (Wildman–Crippen MR) is 133 cm³/mol. The molecule has 0 aromatic heterocycles. The molecule has 0 spiro atoms. The van der Waals surface area contributed by atoms with Gasteiger partial charge < -0.3 is 10.6 Å². The van der Waals surface area contributed by atoms with Crippen LogP contribution in [0.25, 0.3) is 5.57 Å². The highest BCUT2D eigenvalue weighted by Crippen LogP contribution is 2.56. The van der Waals surface area contributed by atoms with Crippen molar-refractivity contribution in [3.05, 3.63) is 53.1 Å². The second-order valence-corrected chi connectivity index (χ2v) is 11.5. The lowest BCUT2D eigenvalue weighted by molar-refractivity contribution is 0.292. The summed E-state index contributed by atoms with van der Waals surface area (Å²) in [5, 5.41) is 7.85. The van der Waals surface area contributed by atoms with E-state index in [1.54, 1.807) is 5.57 Å². The Balaban J connectivity index is 1.86. The molecule has 1 aromatic rings. The zero-order valence-corrected chi connectivity index (χ0v) is 20.6. The molecule has 1 aliphatic carbocycles. The molecule has 0 saturated carbocycles. The average molecular weight is 429 g/mol. The largest absolute Gasteiger partial charge is 0.313 e. The Hall–Kier alpha value is -0.520. The molecule has 3 aliphatic rings. The van der Waals surface area contributed by atoms with Gasteiger partial charge in [-0.25, -0.2) is 0 Å². The highest BCUT2D eigenvalue weighted by Gasteiger charge is 2.53. The number of benzene rings is 1. The lowest BCUT2D eigenvalue weighted by Gasteiger charge is -2.48. The molecule has 2 nitrogen and oxygen atoms in total. The minimum absolute atomic E-state index is 0.0594. The Morgan fingerprint density at radius 1 is 0.966 bits per heavy atom. The topological polar surface area (TPSA) is 24.1 Å². The van der Waals surface area contributed by atoms with Crippen LogP contribution >= 0.6 is 18.5 Å². The molecular weight excluding hydrogens is 390 g/mol. The van der Waals surface area contributed by atoms with Gasteiger partial charge in [0.25, 0.3) is 0 Å². The third-order valence-electron chi connectivity index (χ3n) is 7.21. The molecular formula is C25H38N2P2. The van der Waals surface area contributed by atoms with Gasteiger partial charge in [0.2, 0.25) is 0 Å². The van der Waals surface area contributed by atoms with E-state index in [-0.39, 0.29) is 10.6 Å². The first-order chi connectivity index (χ1) is 13.9. The quantitative estimate of drug-likeness (QED) is 0.643. The van der Waals surface area contributed by atoms with Gasteiger partial charge in [0.1, 0.15) is 0 Å². The summed E-state index contributed by atoms with van der Waals surface area (Å²) < 4.78 is 0. The monoisotopic (exact) mass is 428 g/mol. The first-order valence-electron chi connectivity index (χ1n) is 11.3. The smallest absolute Gasteiger partial charge is 0.0373 e. The maximum atomic E-state index is 3.90. The van der Waals surface area contributed by atoms with Gasteiger partial charge in [-0.2, -0.15) is 0 Å². The zero-order chi connectivity index (χ0) is 20.6. The average Bonchev–Trinajstić information content (AvgIpc) is 3.48. The summed E-state index contributed by atoms with van der Waals surface area (Å²) >= 11 is 0. The van der Waals surface area contributed by atoms with Gasteiger partial charge >= 0.3 is 0 Å². The van der Waals surface area contributed by atoms with Crippen LogP contribution in [0.4, 0.5) is 0 Å². The molecule has 5 unspecified atom stereocenters. The van der Waals surface area contributed by atoms with Gasteiger partial charge in [0.15, 0.2) is 0 Å². The van der Waals surface area contributed by atoms with Crippen LogP contribution in [-0.2, 0) is 0 Å². The first-order valence-corrected chi connectivity index (χ1v) is 12.7. The van der Waals surface area contributed by atoms with E-state index in [0.717, 1.165) is 19.3 Å². The van der Waals surface area contributed by atoms with Crippen molar-refractivity contribution in [3.63, 3.8) is 0 Å². The van der Waals surface area contributed by atoms with E-state index >= 15 is 0 Å². The Bertz CT molecular complexity index is 763. The van der Waals surface area contributed by atoms with Gasteiger partial charge in [-0.05, 0) is 72.6 Å². The molecule has 4 rings (SSSR count). The van der Waals surface area contributed by atoms with Gasteiger partial charge in [0, 0.05) is 23.2 Å². The van der Waals surface area contributed by atoms with Crippen molar-refractivity contribution in [3.8, 4) is 0 Å². The zero-order valence-electron chi connectivity index (χ0n) is 18.3. The number of allylic oxidation sites excluding steroid dienone is 3. The summed E-state index contributed by atoms with van der Waals surface area (Å²) in [6.07, 6.45) is 8.66. The van der Waals surface area contributed by atoms with Crippen LogP contribution in [-0.4, -0.2) is 36.5 Å². The lowest BCUT2D eigenvalue weighted by Crippen LogP contribution is -2.57. The predicted octanol–water partition coefficient (Wildman–Crippen LogP) is 5.04. The van der Waals surface area contributed by atoms with E-state index < -0.39 is 0 Å². The number of rotatable bonds is 5. The third kappa shape index (κ3) is 3.92. The van der Waals surface area contributed by atoms with Crippen molar-refractivity contribution in [1.82, 2.24) is 10.6 Å². The summed E-state index contributed by atoms with van der Waals surface area (Å²) in [6, 6.07) is 12.1. The summed E-state index contributed by atoms with van der Waals surface area (Å²) in [5.74, 6) is 0.433. The minimum Gasteiger partial charge on any atom is -0.313 e. The van der Waals surface area contributed by atoms with E-state index in [4.69, 9.17) is 0 Å². The molecule has 0 amide bonds. The Labute approximate surface area is 182 Å². The fourth-order valence-electron chi connectivity index (χ4n) is 5.97. The van der Waals surface area contributed by atoms with Crippen LogP contribution in [0.5, 0.6) is 0 Å². The molecule has 2 N–H and O–H groups in total. The van der Waals surface area contributed by atoms with Crippen LogP contribution < -0.4 is 10.6 Å². The highest BCUT2D eigenvalue weighted by atomic mass is 31.0. The van der Waals surface area contributed by atoms with E-state index in [1.165, 1.54) is 42.4 Å². The molecule has 0 bridgehead atoms. The van der Waals surface area contributed by atoms with Crippen LogP contribution in [0.2, 0.25) is 0 Å². The summed E-state index contributed by atoms with van der Waals surface area (Å²) in [5.41, 5.74) is 6.25.